The first kappa shape index (κ1) is 14.2. The number of nitrogens with one attached hydrogen (secondary N) is 2. The van der Waals surface area contributed by atoms with Gasteiger partial charge in [0, 0.05) is 13.5 Å². The van der Waals surface area contributed by atoms with E-state index in [4.69, 9.17) is 0 Å². The van der Waals surface area contributed by atoms with Gasteiger partial charge in [-0.15, -0.1) is 0 Å². The number of H-pyrrole nitrogens is 1. The predicted octanol–water partition coefficient (Wildman–Crippen LogP) is 1.89. The Kier molecular flexibility index (Phi) is 4.71. The van der Waals surface area contributed by atoms with Gasteiger partial charge in [-0.25, -0.2) is 4.98 Å². The van der Waals surface area contributed by atoms with Crippen LogP contribution in [-0.2, 0) is 13.5 Å². The summed E-state index contributed by atoms with van der Waals surface area (Å²) < 4.78 is 2.98. The van der Waals surface area contributed by atoms with Crippen LogP contribution in [0.15, 0.2) is 10.8 Å². The van der Waals surface area contributed by atoms with Gasteiger partial charge in [-0.3, -0.25) is 9.78 Å². The molecule has 2 rings (SSSR count). The maximum Gasteiger partial charge on any atom is 0.141 e. The lowest BCUT2D eigenvalue weighted by Gasteiger charge is -2.16. The van der Waals surface area contributed by atoms with Gasteiger partial charge in [0.2, 0.25) is 0 Å². The van der Waals surface area contributed by atoms with E-state index >= 15 is 0 Å². The van der Waals surface area contributed by atoms with Gasteiger partial charge < -0.3 is 5.32 Å². The molecule has 0 saturated carbocycles. The molecule has 7 heteroatoms. The Morgan fingerprint density at radius 3 is 2.84 bits per heavy atom. The van der Waals surface area contributed by atoms with E-state index in [0.29, 0.717) is 0 Å². The van der Waals surface area contributed by atoms with Crippen LogP contribution >= 0.6 is 15.9 Å². The van der Waals surface area contributed by atoms with Crippen LogP contribution in [0.5, 0.6) is 0 Å². The normalized spacial score (nSPS) is 12.8. The summed E-state index contributed by atoms with van der Waals surface area (Å²) in [5.41, 5.74) is 2.16. The summed E-state index contributed by atoms with van der Waals surface area (Å²) in [6.45, 7) is 5.09. The van der Waals surface area contributed by atoms with Gasteiger partial charge in [-0.2, -0.15) is 10.2 Å². The van der Waals surface area contributed by atoms with Crippen LogP contribution in [0.1, 0.15) is 36.6 Å². The Bertz CT molecular complexity index is 519. The van der Waals surface area contributed by atoms with Crippen LogP contribution in [0.3, 0.4) is 0 Å². The van der Waals surface area contributed by atoms with Crippen molar-refractivity contribution >= 4 is 15.9 Å². The second-order valence-electron chi connectivity index (χ2n) is 4.55. The Labute approximate surface area is 121 Å². The number of halogens is 1. The summed E-state index contributed by atoms with van der Waals surface area (Å²) in [6.07, 6.45) is 3.43. The van der Waals surface area contributed by atoms with Crippen molar-refractivity contribution in [1.82, 2.24) is 30.3 Å². The molecule has 0 spiro atoms. The number of aryl methyl sites for hydroxylation is 2. The van der Waals surface area contributed by atoms with Crippen molar-refractivity contribution < 1.29 is 0 Å². The van der Waals surface area contributed by atoms with E-state index in [-0.39, 0.29) is 6.04 Å². The summed E-state index contributed by atoms with van der Waals surface area (Å²) in [7, 11) is 1.96. The van der Waals surface area contributed by atoms with Gasteiger partial charge >= 0.3 is 0 Å². The van der Waals surface area contributed by atoms with Gasteiger partial charge in [0.25, 0.3) is 0 Å². The van der Waals surface area contributed by atoms with Gasteiger partial charge in [0.15, 0.2) is 0 Å². The number of rotatable bonds is 6. The zero-order valence-corrected chi connectivity index (χ0v) is 13.0. The quantitative estimate of drug-likeness (QED) is 0.850. The summed E-state index contributed by atoms with van der Waals surface area (Å²) >= 11 is 3.60. The first-order valence-corrected chi connectivity index (χ1v) is 7.19. The third kappa shape index (κ3) is 3.22. The standard InChI is InChI=1S/C12H19BrN6/c1-4-5-14-9(12-15-7-16-17-12)6-10-11(13)8(2)18-19(10)3/h7,9,14H,4-6H2,1-3H3,(H,15,16,17). The summed E-state index contributed by atoms with van der Waals surface area (Å²) in [6, 6.07) is 0.119. The molecule has 0 radical (unpaired) electrons. The predicted molar refractivity (Wildman–Crippen MR) is 76.8 cm³/mol. The largest absolute Gasteiger partial charge is 0.307 e. The van der Waals surface area contributed by atoms with E-state index in [1.54, 1.807) is 6.33 Å². The second kappa shape index (κ2) is 6.29. The van der Waals surface area contributed by atoms with Crippen molar-refractivity contribution in [3.8, 4) is 0 Å². The molecule has 19 heavy (non-hydrogen) atoms. The maximum absolute atomic E-state index is 4.42. The zero-order valence-electron chi connectivity index (χ0n) is 11.4. The first-order chi connectivity index (χ1) is 9.13. The molecule has 2 aromatic rings. The van der Waals surface area contributed by atoms with Gasteiger partial charge in [0.1, 0.15) is 12.2 Å². The average molecular weight is 327 g/mol. The number of hydrogen-bond donors (Lipinski definition) is 2. The molecule has 0 aromatic carbocycles. The maximum atomic E-state index is 4.42. The van der Waals surface area contributed by atoms with Crippen LogP contribution in [0.2, 0.25) is 0 Å². The molecule has 1 unspecified atom stereocenters. The Morgan fingerprint density at radius 1 is 1.53 bits per heavy atom. The minimum absolute atomic E-state index is 0.119. The smallest absolute Gasteiger partial charge is 0.141 e. The van der Waals surface area contributed by atoms with Crippen LogP contribution in [0.4, 0.5) is 0 Å². The molecular formula is C12H19BrN6. The highest BCUT2D eigenvalue weighted by Crippen LogP contribution is 2.24. The summed E-state index contributed by atoms with van der Waals surface area (Å²) in [5, 5.41) is 14.8. The van der Waals surface area contributed by atoms with E-state index in [0.717, 1.165) is 41.1 Å². The summed E-state index contributed by atoms with van der Waals surface area (Å²) in [5.74, 6) is 0.860. The molecule has 2 N–H and O–H groups in total. The minimum atomic E-state index is 0.119. The molecule has 0 saturated heterocycles. The SMILES string of the molecule is CCCNC(Cc1c(Br)c(C)nn1C)c1ncn[nH]1. The van der Waals surface area contributed by atoms with Crippen molar-refractivity contribution in [3.63, 3.8) is 0 Å². The van der Waals surface area contributed by atoms with Crippen LogP contribution in [-0.4, -0.2) is 31.5 Å². The van der Waals surface area contributed by atoms with Crippen molar-refractivity contribution in [2.24, 2.45) is 7.05 Å². The number of aromatic amines is 1. The fourth-order valence-corrected chi connectivity index (χ4v) is 2.56. The van der Waals surface area contributed by atoms with Crippen molar-refractivity contribution in [2.45, 2.75) is 32.7 Å². The van der Waals surface area contributed by atoms with E-state index in [1.807, 2.05) is 18.7 Å². The van der Waals surface area contributed by atoms with E-state index in [9.17, 15) is 0 Å². The van der Waals surface area contributed by atoms with Gasteiger partial charge in [0.05, 0.1) is 21.9 Å². The third-order valence-electron chi connectivity index (χ3n) is 3.06. The number of aromatic nitrogens is 5. The Hall–Kier alpha value is -1.21. The lowest BCUT2D eigenvalue weighted by atomic mass is 10.1. The molecule has 0 aliphatic rings. The van der Waals surface area contributed by atoms with E-state index in [2.05, 4.69) is 48.5 Å². The van der Waals surface area contributed by atoms with Gasteiger partial charge in [-0.1, -0.05) is 6.92 Å². The van der Waals surface area contributed by atoms with E-state index in [1.165, 1.54) is 0 Å². The van der Waals surface area contributed by atoms with Crippen molar-refractivity contribution in [1.29, 1.82) is 0 Å². The molecular weight excluding hydrogens is 308 g/mol. The fourth-order valence-electron chi connectivity index (χ4n) is 2.06. The highest BCUT2D eigenvalue weighted by molar-refractivity contribution is 9.10. The molecule has 6 nitrogen and oxygen atoms in total. The van der Waals surface area contributed by atoms with Crippen molar-refractivity contribution in [2.75, 3.05) is 6.54 Å². The molecule has 0 fully saturated rings. The average Bonchev–Trinajstić information content (AvgIpc) is 2.98. The molecule has 0 amide bonds. The second-order valence-corrected chi connectivity index (χ2v) is 5.34. The van der Waals surface area contributed by atoms with Crippen LogP contribution < -0.4 is 5.32 Å². The van der Waals surface area contributed by atoms with Crippen LogP contribution in [0.25, 0.3) is 0 Å². The Morgan fingerprint density at radius 2 is 2.32 bits per heavy atom. The van der Waals surface area contributed by atoms with Gasteiger partial charge in [-0.05, 0) is 35.8 Å². The zero-order chi connectivity index (χ0) is 13.8. The highest BCUT2D eigenvalue weighted by atomic mass is 79.9. The van der Waals surface area contributed by atoms with Crippen molar-refractivity contribution in [3.05, 3.63) is 28.0 Å². The number of nitrogens with zero attached hydrogens (tertiary/aromatic N) is 4. The van der Waals surface area contributed by atoms with Crippen LogP contribution in [0, 0.1) is 6.92 Å². The molecule has 0 bridgehead atoms. The third-order valence-corrected chi connectivity index (χ3v) is 4.10. The lowest BCUT2D eigenvalue weighted by Crippen LogP contribution is -2.26. The fraction of sp³-hybridized carbons (Fsp3) is 0.583. The first-order valence-electron chi connectivity index (χ1n) is 6.40. The molecule has 0 aliphatic heterocycles. The number of hydrogen-bond acceptors (Lipinski definition) is 4. The monoisotopic (exact) mass is 326 g/mol. The molecule has 2 aromatic heterocycles. The molecule has 0 aliphatic carbocycles. The summed E-state index contributed by atoms with van der Waals surface area (Å²) in [4.78, 5) is 4.26. The highest BCUT2D eigenvalue weighted by Gasteiger charge is 2.19. The minimum Gasteiger partial charge on any atom is -0.307 e. The molecule has 104 valence electrons. The Balaban J connectivity index is 2.20. The lowest BCUT2D eigenvalue weighted by molar-refractivity contribution is 0.490. The molecule has 1 atom stereocenters. The topological polar surface area (TPSA) is 71.4 Å². The van der Waals surface area contributed by atoms with E-state index < -0.39 is 0 Å². The molecule has 2 heterocycles.